The molecule has 0 spiro atoms. The highest BCUT2D eigenvalue weighted by molar-refractivity contribution is 5.20. The van der Waals surface area contributed by atoms with Gasteiger partial charge in [0.2, 0.25) is 0 Å². The monoisotopic (exact) mass is 139 g/mol. The third-order valence-corrected chi connectivity index (χ3v) is 3.36. The number of piperidine rings is 1. The summed E-state index contributed by atoms with van der Waals surface area (Å²) < 4.78 is 0. The van der Waals surface area contributed by atoms with E-state index in [9.17, 15) is 0 Å². The molecule has 1 nitrogen and oxygen atoms in total. The first-order valence-electron chi connectivity index (χ1n) is 4.26. The predicted octanol–water partition coefficient (Wildman–Crippen LogP) is 2.02. The molecule has 0 N–H and O–H groups in total. The van der Waals surface area contributed by atoms with Crippen molar-refractivity contribution in [1.29, 1.82) is 0 Å². The highest BCUT2D eigenvalue weighted by atomic mass is 15.5. The van der Waals surface area contributed by atoms with Crippen LogP contribution < -0.4 is 0 Å². The van der Waals surface area contributed by atoms with E-state index in [1.165, 1.54) is 12.8 Å². The average molecular weight is 139 g/mol. The van der Waals surface area contributed by atoms with Crippen LogP contribution in [0.25, 0.3) is 0 Å². The number of hydrogen-bond donors (Lipinski definition) is 0. The van der Waals surface area contributed by atoms with E-state index in [0.717, 1.165) is 6.04 Å². The van der Waals surface area contributed by atoms with Crippen LogP contribution in [0.4, 0.5) is 0 Å². The van der Waals surface area contributed by atoms with Crippen LogP contribution in [0.1, 0.15) is 40.5 Å². The quantitative estimate of drug-likeness (QED) is 0.464. The smallest absolute Gasteiger partial charge is 0.0317 e. The molecular formula is C9H17N. The van der Waals surface area contributed by atoms with E-state index >= 15 is 0 Å². The van der Waals surface area contributed by atoms with Crippen molar-refractivity contribution < 1.29 is 0 Å². The second kappa shape index (κ2) is 1.42. The fourth-order valence-corrected chi connectivity index (χ4v) is 2.86. The number of rotatable bonds is 0. The molecule has 2 saturated heterocycles. The summed E-state index contributed by atoms with van der Waals surface area (Å²) in [5.41, 5.74) is 1.02. The fraction of sp³-hybridized carbons (Fsp3) is 1.00. The molecule has 10 heavy (non-hydrogen) atoms. The fourth-order valence-electron chi connectivity index (χ4n) is 2.86. The Balaban J connectivity index is 2.22. The second-order valence-corrected chi connectivity index (χ2v) is 4.89. The van der Waals surface area contributed by atoms with Gasteiger partial charge in [-0.15, -0.1) is 0 Å². The summed E-state index contributed by atoms with van der Waals surface area (Å²) in [5, 5.41) is 0. The Kier molecular flexibility index (Phi) is 0.949. The molecule has 0 aromatic heterocycles. The van der Waals surface area contributed by atoms with Crippen LogP contribution in [0.15, 0.2) is 0 Å². The zero-order chi connectivity index (χ0) is 7.57. The standard InChI is InChI=1S/C9H17N/c1-8(2)6-5-7-9(3,4)10(7)8/h7H,5-6H2,1-4H3. The van der Waals surface area contributed by atoms with Gasteiger partial charge in [-0.2, -0.15) is 0 Å². The summed E-state index contributed by atoms with van der Waals surface area (Å²) in [6.07, 6.45) is 2.81. The molecule has 1 heteroatoms. The maximum absolute atomic E-state index is 2.65. The first-order valence-corrected chi connectivity index (χ1v) is 4.26. The molecule has 0 saturated carbocycles. The van der Waals surface area contributed by atoms with Gasteiger partial charge >= 0.3 is 0 Å². The molecule has 2 aliphatic heterocycles. The maximum atomic E-state index is 2.65. The molecule has 2 atom stereocenters. The van der Waals surface area contributed by atoms with Crippen molar-refractivity contribution in [3.05, 3.63) is 0 Å². The highest BCUT2D eigenvalue weighted by Crippen LogP contribution is 2.55. The summed E-state index contributed by atoms with van der Waals surface area (Å²) in [6, 6.07) is 0.905. The van der Waals surface area contributed by atoms with E-state index in [4.69, 9.17) is 0 Å². The van der Waals surface area contributed by atoms with Gasteiger partial charge in [0.15, 0.2) is 0 Å². The number of fused-ring (bicyclic) bond motifs is 1. The maximum Gasteiger partial charge on any atom is 0.0317 e. The first-order chi connectivity index (χ1) is 4.46. The van der Waals surface area contributed by atoms with Crippen LogP contribution in [-0.2, 0) is 0 Å². The van der Waals surface area contributed by atoms with Crippen molar-refractivity contribution >= 4 is 0 Å². The molecule has 2 rings (SSSR count). The van der Waals surface area contributed by atoms with Crippen molar-refractivity contribution in [2.24, 2.45) is 0 Å². The lowest BCUT2D eigenvalue weighted by atomic mass is 9.95. The van der Waals surface area contributed by atoms with Crippen LogP contribution in [0, 0.1) is 0 Å². The van der Waals surface area contributed by atoms with Gasteiger partial charge in [-0.1, -0.05) is 0 Å². The molecule has 0 aliphatic carbocycles. The number of hydrogen-bond acceptors (Lipinski definition) is 1. The second-order valence-electron chi connectivity index (χ2n) is 4.89. The van der Waals surface area contributed by atoms with Crippen molar-refractivity contribution in [1.82, 2.24) is 4.90 Å². The lowest BCUT2D eigenvalue weighted by Crippen LogP contribution is -2.32. The third kappa shape index (κ3) is 0.572. The van der Waals surface area contributed by atoms with Gasteiger partial charge in [0.05, 0.1) is 0 Å². The molecule has 0 bridgehead atoms. The van der Waals surface area contributed by atoms with Crippen molar-refractivity contribution in [2.45, 2.75) is 57.7 Å². The summed E-state index contributed by atoms with van der Waals surface area (Å²) >= 11 is 0. The zero-order valence-electron chi connectivity index (χ0n) is 7.44. The van der Waals surface area contributed by atoms with Crippen molar-refractivity contribution in [3.63, 3.8) is 0 Å². The minimum Gasteiger partial charge on any atom is -0.287 e. The van der Waals surface area contributed by atoms with Crippen LogP contribution in [0.5, 0.6) is 0 Å². The summed E-state index contributed by atoms with van der Waals surface area (Å²) in [4.78, 5) is 2.65. The average Bonchev–Trinajstić information content (AvgIpc) is 2.07. The summed E-state index contributed by atoms with van der Waals surface area (Å²) in [6.45, 7) is 9.45. The zero-order valence-corrected chi connectivity index (χ0v) is 7.44. The molecule has 2 aliphatic rings. The van der Waals surface area contributed by atoms with Gasteiger partial charge in [-0.3, -0.25) is 4.90 Å². The van der Waals surface area contributed by atoms with E-state index in [1.807, 2.05) is 0 Å². The molecule has 0 radical (unpaired) electrons. The third-order valence-electron chi connectivity index (χ3n) is 3.36. The topological polar surface area (TPSA) is 3.01 Å². The van der Waals surface area contributed by atoms with Gasteiger partial charge in [0.25, 0.3) is 0 Å². The van der Waals surface area contributed by atoms with E-state index < -0.39 is 0 Å². The van der Waals surface area contributed by atoms with Crippen molar-refractivity contribution in [2.75, 3.05) is 0 Å². The van der Waals surface area contributed by atoms with Crippen LogP contribution >= 0.6 is 0 Å². The predicted molar refractivity (Wildman–Crippen MR) is 43.0 cm³/mol. The van der Waals surface area contributed by atoms with Crippen molar-refractivity contribution in [3.8, 4) is 0 Å². The summed E-state index contributed by atoms with van der Waals surface area (Å²) in [5.74, 6) is 0. The Hall–Kier alpha value is -0.0400. The Bertz CT molecular complexity index is 170. The van der Waals surface area contributed by atoms with Gasteiger partial charge in [0, 0.05) is 17.1 Å². The van der Waals surface area contributed by atoms with E-state index in [2.05, 4.69) is 32.6 Å². The normalized spacial score (nSPS) is 46.8. The van der Waals surface area contributed by atoms with Crippen LogP contribution in [0.3, 0.4) is 0 Å². The Labute approximate surface area is 63.4 Å². The number of nitrogens with zero attached hydrogens (tertiary/aromatic N) is 1. The molecule has 58 valence electrons. The Morgan fingerprint density at radius 3 is 2.00 bits per heavy atom. The SMILES string of the molecule is CC1(C)CCC2N1C2(C)C. The van der Waals surface area contributed by atoms with Gasteiger partial charge in [-0.25, -0.2) is 0 Å². The Morgan fingerprint density at radius 2 is 1.80 bits per heavy atom. The lowest BCUT2D eigenvalue weighted by Gasteiger charge is -2.25. The molecule has 0 aromatic rings. The molecular weight excluding hydrogens is 122 g/mol. The van der Waals surface area contributed by atoms with Gasteiger partial charge < -0.3 is 0 Å². The van der Waals surface area contributed by atoms with E-state index in [-0.39, 0.29) is 0 Å². The highest BCUT2D eigenvalue weighted by Gasteiger charge is 2.64. The molecule has 0 aromatic carbocycles. The van der Waals surface area contributed by atoms with E-state index in [0.29, 0.717) is 11.1 Å². The summed E-state index contributed by atoms with van der Waals surface area (Å²) in [7, 11) is 0. The van der Waals surface area contributed by atoms with Gasteiger partial charge in [0.1, 0.15) is 0 Å². The van der Waals surface area contributed by atoms with Crippen LogP contribution in [0.2, 0.25) is 0 Å². The molecule has 2 unspecified atom stereocenters. The minimum atomic E-state index is 0.494. The van der Waals surface area contributed by atoms with Crippen LogP contribution in [-0.4, -0.2) is 22.0 Å². The van der Waals surface area contributed by atoms with Gasteiger partial charge in [-0.05, 0) is 40.5 Å². The molecule has 2 heterocycles. The Morgan fingerprint density at radius 1 is 1.20 bits per heavy atom. The lowest BCUT2D eigenvalue weighted by molar-refractivity contribution is 0.246. The van der Waals surface area contributed by atoms with E-state index in [1.54, 1.807) is 0 Å². The molecule has 2 fully saturated rings. The first kappa shape index (κ1) is 6.66. The minimum absolute atomic E-state index is 0.494. The molecule has 0 amide bonds. The largest absolute Gasteiger partial charge is 0.287 e.